The predicted molar refractivity (Wildman–Crippen MR) is 264 cm³/mol. The fourth-order valence-corrected chi connectivity index (χ4v) is 9.35. The Kier molecular flexibility index (Phi) is 31.7. The highest BCUT2D eigenvalue weighted by Crippen LogP contribution is 2.26. The summed E-state index contributed by atoms with van der Waals surface area (Å²) in [6.07, 6.45) is 40.7. The molecule has 2 fully saturated rings. The number of aliphatic hydroxyl groups is 1. The third-order valence-electron chi connectivity index (χ3n) is 12.6. The lowest BCUT2D eigenvalue weighted by atomic mass is 9.99. The van der Waals surface area contributed by atoms with Gasteiger partial charge in [-0.2, -0.15) is 0 Å². The average molecular weight is 887 g/mol. The highest BCUT2D eigenvalue weighted by atomic mass is 32.1. The van der Waals surface area contributed by atoms with Crippen LogP contribution in [-0.2, 0) is 14.4 Å². The lowest BCUT2D eigenvalue weighted by Gasteiger charge is -2.44. The number of amides is 3. The quantitative estimate of drug-likeness (QED) is 0.0286. The van der Waals surface area contributed by atoms with Gasteiger partial charge in [0.1, 0.15) is 17.7 Å². The van der Waals surface area contributed by atoms with Gasteiger partial charge in [0.15, 0.2) is 10.2 Å². The van der Waals surface area contributed by atoms with Crippen LogP contribution in [0.5, 0.6) is 0 Å². The maximum absolute atomic E-state index is 14.1. The van der Waals surface area contributed by atoms with Crippen LogP contribution in [0.4, 0.5) is 0 Å². The minimum atomic E-state index is -1.11. The van der Waals surface area contributed by atoms with Crippen molar-refractivity contribution in [2.24, 2.45) is 5.92 Å². The smallest absolute Gasteiger partial charge is 0.265 e. The van der Waals surface area contributed by atoms with Crippen molar-refractivity contribution in [1.29, 1.82) is 0 Å². The summed E-state index contributed by atoms with van der Waals surface area (Å²) in [4.78, 5) is 48.9. The van der Waals surface area contributed by atoms with Crippen LogP contribution >= 0.6 is 24.4 Å². The van der Waals surface area contributed by atoms with Gasteiger partial charge in [0.2, 0.25) is 5.91 Å². The summed E-state index contributed by atoms with van der Waals surface area (Å²) in [5.74, 6) is -1.85. The largest absolute Gasteiger partial charge is 0.372 e. The van der Waals surface area contributed by atoms with E-state index in [1.807, 2.05) is 4.90 Å². The van der Waals surface area contributed by atoms with Gasteiger partial charge in [-0.25, -0.2) is 0 Å². The van der Waals surface area contributed by atoms with Crippen LogP contribution in [0, 0.1) is 5.92 Å². The molecular formula is C51H90N4O4S2. The summed E-state index contributed by atoms with van der Waals surface area (Å²) in [6, 6.07) is 0. The standard InChI is InChI=1S/C51H90N4O4S2/c1-5-9-13-17-21-25-29-33-40-52-46(56)44(47(57)53(50(52)60)41-34-30-26-22-18-14-10-6-2)38-37-39-45-48(58)54(42-35-31-27-23-19-15-11-7-3)51(61)55(49(45)59)43-36-32-28-24-20-16-12-8-4/h37-39,44,46,56H,5-36,40-43H2,1-4H3/b38-37+/t44-,46-/m1/s1. The number of allylic oxidation sites excluding steroid dienone is 2. The third kappa shape index (κ3) is 21.4. The summed E-state index contributed by atoms with van der Waals surface area (Å²) in [5.41, 5.74) is 0.0591. The van der Waals surface area contributed by atoms with E-state index in [-0.39, 0.29) is 23.3 Å². The molecule has 8 nitrogen and oxygen atoms in total. The lowest BCUT2D eigenvalue weighted by molar-refractivity contribution is -0.142. The highest BCUT2D eigenvalue weighted by Gasteiger charge is 2.42. The van der Waals surface area contributed by atoms with Crippen LogP contribution in [-0.4, -0.2) is 85.1 Å². The Hall–Kier alpha value is -2.17. The van der Waals surface area contributed by atoms with Gasteiger partial charge in [-0.3, -0.25) is 29.1 Å². The van der Waals surface area contributed by atoms with E-state index in [1.165, 1.54) is 128 Å². The zero-order valence-electron chi connectivity index (χ0n) is 39.6. The Balaban J connectivity index is 2.22. The fraction of sp³-hybridized carbons (Fsp3) is 0.824. The van der Waals surface area contributed by atoms with E-state index in [0.717, 1.165) is 77.0 Å². The molecule has 0 aromatic heterocycles. The van der Waals surface area contributed by atoms with Crippen LogP contribution < -0.4 is 0 Å². The Morgan fingerprint density at radius 2 is 0.754 bits per heavy atom. The molecule has 2 aliphatic heterocycles. The maximum Gasteiger partial charge on any atom is 0.265 e. The molecule has 2 atom stereocenters. The number of nitrogens with zero attached hydrogens (tertiary/aromatic N) is 4. The summed E-state index contributed by atoms with van der Waals surface area (Å²) in [5, 5.41) is 12.4. The lowest BCUT2D eigenvalue weighted by Crippen LogP contribution is -2.61. The Labute approximate surface area is 385 Å². The van der Waals surface area contributed by atoms with E-state index < -0.39 is 12.1 Å². The first-order chi connectivity index (χ1) is 29.7. The number of hydrogen-bond acceptors (Lipinski definition) is 6. The van der Waals surface area contributed by atoms with Crippen molar-refractivity contribution in [1.82, 2.24) is 19.6 Å². The molecule has 2 saturated heterocycles. The van der Waals surface area contributed by atoms with E-state index >= 15 is 0 Å². The molecule has 0 aliphatic carbocycles. The van der Waals surface area contributed by atoms with Crippen LogP contribution in [0.1, 0.15) is 233 Å². The fourth-order valence-electron chi connectivity index (χ4n) is 8.62. The van der Waals surface area contributed by atoms with Crippen molar-refractivity contribution < 1.29 is 19.5 Å². The topological polar surface area (TPSA) is 84.4 Å². The van der Waals surface area contributed by atoms with Gasteiger partial charge < -0.3 is 10.0 Å². The molecule has 61 heavy (non-hydrogen) atoms. The number of rotatable bonds is 38. The van der Waals surface area contributed by atoms with E-state index in [9.17, 15) is 19.5 Å². The molecular weight excluding hydrogens is 797 g/mol. The molecule has 0 saturated carbocycles. The highest BCUT2D eigenvalue weighted by molar-refractivity contribution is 7.80. The monoisotopic (exact) mass is 887 g/mol. The molecule has 10 heteroatoms. The molecule has 0 aromatic rings. The van der Waals surface area contributed by atoms with E-state index in [2.05, 4.69) is 27.7 Å². The molecule has 2 heterocycles. The van der Waals surface area contributed by atoms with E-state index in [1.54, 1.807) is 32.9 Å². The van der Waals surface area contributed by atoms with Gasteiger partial charge >= 0.3 is 0 Å². The molecule has 0 unspecified atom stereocenters. The van der Waals surface area contributed by atoms with Crippen molar-refractivity contribution in [2.45, 2.75) is 239 Å². The number of carbonyl (C=O) groups is 3. The van der Waals surface area contributed by atoms with Gasteiger partial charge in [-0.05, 0) is 56.2 Å². The van der Waals surface area contributed by atoms with Crippen molar-refractivity contribution in [2.75, 3.05) is 26.2 Å². The second-order valence-corrected chi connectivity index (χ2v) is 18.7. The number of thiocarbonyl (C=S) groups is 2. The minimum absolute atomic E-state index is 0.0591. The van der Waals surface area contributed by atoms with E-state index in [0.29, 0.717) is 36.4 Å². The molecule has 350 valence electrons. The molecule has 1 N–H and O–H groups in total. The molecule has 3 amide bonds. The first-order valence-corrected chi connectivity index (χ1v) is 26.4. The van der Waals surface area contributed by atoms with E-state index in [4.69, 9.17) is 24.4 Å². The summed E-state index contributed by atoms with van der Waals surface area (Å²) < 4.78 is 0. The molecule has 0 spiro atoms. The minimum Gasteiger partial charge on any atom is -0.372 e. The second kappa shape index (κ2) is 35.2. The zero-order valence-corrected chi connectivity index (χ0v) is 41.3. The number of carbonyl (C=O) groups excluding carboxylic acids is 3. The van der Waals surface area contributed by atoms with Gasteiger partial charge in [0, 0.05) is 26.2 Å². The molecule has 2 aliphatic rings. The van der Waals surface area contributed by atoms with Crippen LogP contribution in [0.2, 0.25) is 0 Å². The normalized spacial score (nSPS) is 17.6. The molecule has 0 radical (unpaired) electrons. The predicted octanol–water partition coefficient (Wildman–Crippen LogP) is 13.4. The van der Waals surface area contributed by atoms with Crippen molar-refractivity contribution >= 4 is 52.4 Å². The first-order valence-electron chi connectivity index (χ1n) is 25.6. The average Bonchev–Trinajstić information content (AvgIpc) is 3.25. The van der Waals surface area contributed by atoms with Crippen molar-refractivity contribution in [3.63, 3.8) is 0 Å². The third-order valence-corrected chi connectivity index (χ3v) is 13.5. The SMILES string of the molecule is CCCCCCCCCCN1C(=O)C(=C/C=C/[C@H]2C(=O)N(CCCCCCCCCC)C(=S)N(CCCCCCCCCC)[C@@H]2O)C(=O)N(CCCCCCCCCC)C1=S. The maximum atomic E-state index is 14.1. The number of aliphatic hydroxyl groups excluding tert-OH is 1. The van der Waals surface area contributed by atoms with Gasteiger partial charge in [-0.1, -0.05) is 220 Å². The molecule has 2 rings (SSSR count). The number of unbranched alkanes of at least 4 members (excludes halogenated alkanes) is 28. The Bertz CT molecular complexity index is 1260. The van der Waals surface area contributed by atoms with Crippen molar-refractivity contribution in [3.8, 4) is 0 Å². The molecule has 0 aromatic carbocycles. The Morgan fingerprint density at radius 3 is 1.11 bits per heavy atom. The van der Waals surface area contributed by atoms with Crippen LogP contribution in [0.3, 0.4) is 0 Å². The summed E-state index contributed by atoms with van der Waals surface area (Å²) in [7, 11) is 0. The van der Waals surface area contributed by atoms with Gasteiger partial charge in [0.25, 0.3) is 11.8 Å². The first kappa shape index (κ1) is 55.0. The second-order valence-electron chi connectivity index (χ2n) is 18.0. The summed E-state index contributed by atoms with van der Waals surface area (Å²) >= 11 is 11.8. The summed E-state index contributed by atoms with van der Waals surface area (Å²) in [6.45, 7) is 11.0. The van der Waals surface area contributed by atoms with Gasteiger partial charge in [-0.15, -0.1) is 0 Å². The van der Waals surface area contributed by atoms with Crippen LogP contribution in [0.25, 0.3) is 0 Å². The Morgan fingerprint density at radius 1 is 0.443 bits per heavy atom. The molecule has 0 bridgehead atoms. The van der Waals surface area contributed by atoms with Crippen molar-refractivity contribution in [3.05, 3.63) is 23.8 Å². The number of hydrogen-bond donors (Lipinski definition) is 1. The van der Waals surface area contributed by atoms with Gasteiger partial charge in [0.05, 0.1) is 0 Å². The van der Waals surface area contributed by atoms with Crippen LogP contribution in [0.15, 0.2) is 23.8 Å². The zero-order chi connectivity index (χ0) is 44.5.